The zero-order chi connectivity index (χ0) is 18.0. The van der Waals surface area contributed by atoms with Gasteiger partial charge in [0.25, 0.3) is 0 Å². The summed E-state index contributed by atoms with van der Waals surface area (Å²) in [4.78, 5) is 10.9. The van der Waals surface area contributed by atoms with Crippen LogP contribution in [0, 0.1) is 13.8 Å². The molecule has 0 spiro atoms. The third kappa shape index (κ3) is 3.85. The Kier molecular flexibility index (Phi) is 5.10. The third-order valence-corrected chi connectivity index (χ3v) is 4.86. The largest absolute Gasteiger partial charge is 0.481 e. The Morgan fingerprint density at radius 1 is 1.36 bits per heavy atom. The van der Waals surface area contributed by atoms with Crippen molar-refractivity contribution < 1.29 is 9.90 Å². The predicted molar refractivity (Wildman–Crippen MR) is 95.6 cm³/mol. The van der Waals surface area contributed by atoms with E-state index in [9.17, 15) is 4.79 Å². The zero-order valence-corrected chi connectivity index (χ0v) is 15.2. The maximum absolute atomic E-state index is 10.9. The van der Waals surface area contributed by atoms with E-state index in [2.05, 4.69) is 20.4 Å². The van der Waals surface area contributed by atoms with E-state index >= 15 is 0 Å². The van der Waals surface area contributed by atoms with Gasteiger partial charge in [0.05, 0.1) is 17.1 Å². The highest BCUT2D eigenvalue weighted by atomic mass is 35.5. The zero-order valence-electron chi connectivity index (χ0n) is 13.7. The molecule has 130 valence electrons. The molecule has 7 nitrogen and oxygen atoms in total. The fraction of sp³-hybridized carbons (Fsp3) is 0.250. The summed E-state index contributed by atoms with van der Waals surface area (Å²) in [6, 6.07) is 7.30. The van der Waals surface area contributed by atoms with Crippen LogP contribution in [-0.4, -0.2) is 41.8 Å². The van der Waals surface area contributed by atoms with Gasteiger partial charge in [-0.3, -0.25) is 14.5 Å². The number of aromatic amines is 1. The van der Waals surface area contributed by atoms with E-state index in [0.717, 1.165) is 34.4 Å². The van der Waals surface area contributed by atoms with Crippen LogP contribution in [0.1, 0.15) is 22.8 Å². The van der Waals surface area contributed by atoms with Crippen molar-refractivity contribution >= 4 is 29.3 Å². The van der Waals surface area contributed by atoms with Gasteiger partial charge in [-0.25, -0.2) is 0 Å². The summed E-state index contributed by atoms with van der Waals surface area (Å²) in [6.45, 7) is 3.88. The molecular formula is C16H16ClN5O2S. The lowest BCUT2D eigenvalue weighted by Gasteiger charge is -2.10. The minimum Gasteiger partial charge on any atom is -0.481 e. The molecule has 0 aliphatic heterocycles. The highest BCUT2D eigenvalue weighted by Gasteiger charge is 2.18. The number of hydrogen-bond acceptors (Lipinski definition) is 5. The minimum absolute atomic E-state index is 0.0948. The Bertz CT molecular complexity index is 902. The molecule has 0 bridgehead atoms. The molecule has 0 aliphatic carbocycles. The molecule has 0 fully saturated rings. The van der Waals surface area contributed by atoms with Gasteiger partial charge in [-0.05, 0) is 32.0 Å². The first kappa shape index (κ1) is 17.5. The van der Waals surface area contributed by atoms with Crippen molar-refractivity contribution in [1.29, 1.82) is 0 Å². The highest BCUT2D eigenvalue weighted by Crippen LogP contribution is 2.26. The number of halogens is 1. The molecule has 0 amide bonds. The van der Waals surface area contributed by atoms with Crippen molar-refractivity contribution in [3.8, 4) is 5.69 Å². The van der Waals surface area contributed by atoms with Gasteiger partial charge in [-0.1, -0.05) is 29.4 Å². The van der Waals surface area contributed by atoms with E-state index in [1.54, 1.807) is 12.1 Å². The van der Waals surface area contributed by atoms with E-state index < -0.39 is 5.97 Å². The lowest BCUT2D eigenvalue weighted by molar-refractivity contribution is -0.133. The molecule has 0 saturated heterocycles. The second kappa shape index (κ2) is 7.28. The first-order valence-electron chi connectivity index (χ1n) is 7.51. The first-order chi connectivity index (χ1) is 12.0. The summed E-state index contributed by atoms with van der Waals surface area (Å²) in [6.07, 6.45) is 0.529. The molecule has 2 N–H and O–H groups in total. The molecule has 3 rings (SSSR count). The van der Waals surface area contributed by atoms with Crippen LogP contribution >= 0.6 is 23.4 Å². The number of thioether (sulfide) groups is 1. The fourth-order valence-corrected chi connectivity index (χ4v) is 3.38. The smallest absolute Gasteiger partial charge is 0.313 e. The summed E-state index contributed by atoms with van der Waals surface area (Å²) >= 11 is 7.24. The SMILES string of the molecule is Cc1n[nH]c(C)c1Cc1nnc(SCC(=O)O)n1-c1cccc(Cl)c1. The topological polar surface area (TPSA) is 96.7 Å². The maximum Gasteiger partial charge on any atom is 0.313 e. The van der Waals surface area contributed by atoms with Crippen molar-refractivity contribution in [3.05, 3.63) is 52.1 Å². The van der Waals surface area contributed by atoms with Crippen molar-refractivity contribution in [1.82, 2.24) is 25.0 Å². The molecular weight excluding hydrogens is 362 g/mol. The van der Waals surface area contributed by atoms with Crippen molar-refractivity contribution in [2.24, 2.45) is 0 Å². The molecule has 0 atom stereocenters. The van der Waals surface area contributed by atoms with Gasteiger partial charge in [-0.2, -0.15) is 5.10 Å². The Hall–Kier alpha value is -2.32. The number of carboxylic acids is 1. The molecule has 3 aromatic rings. The van der Waals surface area contributed by atoms with Gasteiger partial charge in [0.2, 0.25) is 0 Å². The van der Waals surface area contributed by atoms with Crippen LogP contribution in [0.3, 0.4) is 0 Å². The van der Waals surface area contributed by atoms with E-state index in [1.165, 1.54) is 0 Å². The van der Waals surface area contributed by atoms with Crippen molar-refractivity contribution in [2.45, 2.75) is 25.4 Å². The Labute approximate surface area is 153 Å². The van der Waals surface area contributed by atoms with Crippen LogP contribution in [0.15, 0.2) is 29.4 Å². The molecule has 25 heavy (non-hydrogen) atoms. The van der Waals surface area contributed by atoms with Crippen LogP contribution in [0.2, 0.25) is 5.02 Å². The molecule has 2 aromatic heterocycles. The van der Waals surface area contributed by atoms with E-state index in [1.807, 2.05) is 30.5 Å². The number of aryl methyl sites for hydroxylation is 2. The number of hydrogen-bond donors (Lipinski definition) is 2. The maximum atomic E-state index is 10.9. The van der Waals surface area contributed by atoms with Gasteiger partial charge < -0.3 is 5.11 Å². The quantitative estimate of drug-likeness (QED) is 0.641. The molecule has 2 heterocycles. The molecule has 9 heteroatoms. The number of nitrogens with one attached hydrogen (secondary N) is 1. The average molecular weight is 378 g/mol. The number of H-pyrrole nitrogens is 1. The van der Waals surface area contributed by atoms with Gasteiger partial charge >= 0.3 is 5.97 Å². The number of benzene rings is 1. The lowest BCUT2D eigenvalue weighted by atomic mass is 10.1. The number of aliphatic carboxylic acids is 1. The number of rotatable bonds is 6. The van der Waals surface area contributed by atoms with Crippen molar-refractivity contribution in [2.75, 3.05) is 5.75 Å². The molecule has 0 radical (unpaired) electrons. The molecule has 1 aromatic carbocycles. The average Bonchev–Trinajstić information content (AvgIpc) is 3.11. The van der Waals surface area contributed by atoms with Gasteiger partial charge in [0, 0.05) is 22.7 Å². The van der Waals surface area contributed by atoms with Crippen LogP contribution in [0.4, 0.5) is 0 Å². The molecule has 0 saturated carbocycles. The van der Waals surface area contributed by atoms with Crippen LogP contribution < -0.4 is 0 Å². The summed E-state index contributed by atoms with van der Waals surface area (Å²) in [5.41, 5.74) is 3.71. The second-order valence-corrected chi connectivity index (χ2v) is 6.86. The Morgan fingerprint density at radius 2 is 2.16 bits per heavy atom. The summed E-state index contributed by atoms with van der Waals surface area (Å²) < 4.78 is 1.84. The normalized spacial score (nSPS) is 11.0. The highest BCUT2D eigenvalue weighted by molar-refractivity contribution is 7.99. The standard InChI is InChI=1S/C16H16ClN5O2S/c1-9-13(10(2)19-18-9)7-14-20-21-16(25-8-15(23)24)22(14)12-5-3-4-11(17)6-12/h3-6H,7-8H2,1-2H3,(H,18,19)(H,23,24). The number of carboxylic acid groups (broad SMARTS) is 1. The third-order valence-electron chi connectivity index (χ3n) is 3.71. The van der Waals surface area contributed by atoms with Crippen molar-refractivity contribution in [3.63, 3.8) is 0 Å². The van der Waals surface area contributed by atoms with Crippen LogP contribution in [-0.2, 0) is 11.2 Å². The number of carbonyl (C=O) groups is 1. The fourth-order valence-electron chi connectivity index (χ4n) is 2.50. The van der Waals surface area contributed by atoms with E-state index in [-0.39, 0.29) is 5.75 Å². The number of aromatic nitrogens is 5. The van der Waals surface area contributed by atoms with Gasteiger partial charge in [0.1, 0.15) is 5.82 Å². The molecule has 0 aliphatic rings. The van der Waals surface area contributed by atoms with E-state index in [4.69, 9.17) is 16.7 Å². The first-order valence-corrected chi connectivity index (χ1v) is 8.87. The molecule has 0 unspecified atom stereocenters. The minimum atomic E-state index is -0.909. The Morgan fingerprint density at radius 3 is 2.80 bits per heavy atom. The van der Waals surface area contributed by atoms with E-state index in [0.29, 0.717) is 22.4 Å². The summed E-state index contributed by atoms with van der Waals surface area (Å²) in [5, 5.41) is 25.7. The lowest BCUT2D eigenvalue weighted by Crippen LogP contribution is -2.06. The van der Waals surface area contributed by atoms with Gasteiger partial charge in [-0.15, -0.1) is 10.2 Å². The van der Waals surface area contributed by atoms with Crippen LogP contribution in [0.25, 0.3) is 5.69 Å². The predicted octanol–water partition coefficient (Wildman–Crippen LogP) is 3.03. The van der Waals surface area contributed by atoms with Crippen LogP contribution in [0.5, 0.6) is 0 Å². The summed E-state index contributed by atoms with van der Waals surface area (Å²) in [5.74, 6) is -0.306. The Balaban J connectivity index is 2.04. The van der Waals surface area contributed by atoms with Gasteiger partial charge in [0.15, 0.2) is 5.16 Å². The second-order valence-electron chi connectivity index (χ2n) is 5.49. The number of nitrogens with zero attached hydrogens (tertiary/aromatic N) is 4. The summed E-state index contributed by atoms with van der Waals surface area (Å²) in [7, 11) is 0. The monoisotopic (exact) mass is 377 g/mol.